The van der Waals surface area contributed by atoms with Gasteiger partial charge in [0.15, 0.2) is 0 Å². The zero-order chi connectivity index (χ0) is 19.2. The number of nitrogens with zero attached hydrogens (tertiary/aromatic N) is 1. The fourth-order valence-electron chi connectivity index (χ4n) is 3.42. The minimum absolute atomic E-state index is 0.00507. The Bertz CT molecular complexity index is 856. The molecule has 138 valence electrons. The second-order valence-corrected chi connectivity index (χ2v) is 6.52. The molecule has 2 aromatic carbocycles. The predicted octanol–water partition coefficient (Wildman–Crippen LogP) is 4.21. The molecule has 1 heterocycles. The van der Waals surface area contributed by atoms with Gasteiger partial charge in [-0.05, 0) is 18.1 Å². The lowest BCUT2D eigenvalue weighted by atomic mass is 9.83. The van der Waals surface area contributed by atoms with E-state index in [1.54, 1.807) is 11.0 Å². The van der Waals surface area contributed by atoms with Crippen LogP contribution in [0.4, 0.5) is 0 Å². The number of esters is 1. The molecule has 1 atom stereocenters. The van der Waals surface area contributed by atoms with Crippen LogP contribution in [0, 0.1) is 0 Å². The van der Waals surface area contributed by atoms with Gasteiger partial charge in [-0.25, -0.2) is 4.79 Å². The van der Waals surface area contributed by atoms with E-state index in [0.717, 1.165) is 11.1 Å². The third-order valence-electron chi connectivity index (χ3n) is 4.76. The first-order chi connectivity index (χ1) is 13.1. The summed E-state index contributed by atoms with van der Waals surface area (Å²) in [5.74, 6) is -0.694. The number of amides is 1. The van der Waals surface area contributed by atoms with Gasteiger partial charge in [0.05, 0.1) is 12.1 Å². The van der Waals surface area contributed by atoms with E-state index in [-0.39, 0.29) is 24.9 Å². The van der Waals surface area contributed by atoms with Crippen molar-refractivity contribution in [1.82, 2.24) is 4.90 Å². The highest BCUT2D eigenvalue weighted by atomic mass is 16.5. The molecule has 1 aliphatic heterocycles. The highest BCUT2D eigenvalue weighted by Gasteiger charge is 2.36. The Morgan fingerprint density at radius 2 is 1.78 bits per heavy atom. The maximum Gasteiger partial charge on any atom is 0.336 e. The standard InChI is InChI=1S/C23H23NO3/c1-3-14-27-23(26)22-17(2)24(16-18-10-6-4-7-11-18)21(25)15-20(22)19-12-8-5-9-13-19/h3-13,20H,1,14-16H2,2H3. The van der Waals surface area contributed by atoms with Crippen LogP contribution in [0.15, 0.2) is 84.6 Å². The third-order valence-corrected chi connectivity index (χ3v) is 4.76. The molecular weight excluding hydrogens is 338 g/mol. The van der Waals surface area contributed by atoms with Gasteiger partial charge in [0.1, 0.15) is 6.61 Å². The monoisotopic (exact) mass is 361 g/mol. The summed E-state index contributed by atoms with van der Waals surface area (Å²) >= 11 is 0. The van der Waals surface area contributed by atoms with E-state index in [2.05, 4.69) is 6.58 Å². The molecule has 0 N–H and O–H groups in total. The second kappa shape index (κ2) is 8.49. The fourth-order valence-corrected chi connectivity index (χ4v) is 3.42. The largest absolute Gasteiger partial charge is 0.458 e. The first-order valence-electron chi connectivity index (χ1n) is 9.00. The van der Waals surface area contributed by atoms with Gasteiger partial charge in [-0.3, -0.25) is 4.79 Å². The SMILES string of the molecule is C=CCOC(=O)C1=C(C)N(Cc2ccccc2)C(=O)CC1c1ccccc1. The first kappa shape index (κ1) is 18.6. The molecule has 0 aromatic heterocycles. The first-order valence-corrected chi connectivity index (χ1v) is 9.00. The molecule has 0 bridgehead atoms. The van der Waals surface area contributed by atoms with Gasteiger partial charge < -0.3 is 9.64 Å². The van der Waals surface area contributed by atoms with Crippen LogP contribution in [-0.4, -0.2) is 23.4 Å². The van der Waals surface area contributed by atoms with Crippen LogP contribution in [0.1, 0.15) is 30.4 Å². The lowest BCUT2D eigenvalue weighted by molar-refractivity contribution is -0.139. The van der Waals surface area contributed by atoms with E-state index in [0.29, 0.717) is 17.8 Å². The molecule has 0 radical (unpaired) electrons. The molecule has 4 heteroatoms. The van der Waals surface area contributed by atoms with Crippen molar-refractivity contribution in [1.29, 1.82) is 0 Å². The zero-order valence-electron chi connectivity index (χ0n) is 15.4. The van der Waals surface area contributed by atoms with Crippen molar-refractivity contribution in [2.45, 2.75) is 25.8 Å². The summed E-state index contributed by atoms with van der Waals surface area (Å²) in [5, 5.41) is 0. The van der Waals surface area contributed by atoms with E-state index < -0.39 is 5.97 Å². The lowest BCUT2D eigenvalue weighted by Gasteiger charge is -2.34. The fraction of sp³-hybridized carbons (Fsp3) is 0.217. The van der Waals surface area contributed by atoms with Gasteiger partial charge in [0, 0.05) is 18.0 Å². The molecule has 0 aliphatic carbocycles. The number of rotatable bonds is 6. The minimum Gasteiger partial charge on any atom is -0.458 e. The Morgan fingerprint density at radius 1 is 1.15 bits per heavy atom. The summed E-state index contributed by atoms with van der Waals surface area (Å²) in [6.07, 6.45) is 1.79. The summed E-state index contributed by atoms with van der Waals surface area (Å²) in [7, 11) is 0. The summed E-state index contributed by atoms with van der Waals surface area (Å²) < 4.78 is 5.33. The zero-order valence-corrected chi connectivity index (χ0v) is 15.4. The van der Waals surface area contributed by atoms with Gasteiger partial charge in [0.25, 0.3) is 0 Å². The maximum atomic E-state index is 12.9. The third kappa shape index (κ3) is 4.17. The van der Waals surface area contributed by atoms with Crippen LogP contribution in [0.5, 0.6) is 0 Å². The number of ether oxygens (including phenoxy) is 1. The average Bonchev–Trinajstić information content (AvgIpc) is 2.70. The molecule has 1 unspecified atom stereocenters. The number of benzene rings is 2. The number of carbonyl (C=O) groups excluding carboxylic acids is 2. The van der Waals surface area contributed by atoms with Crippen LogP contribution in [0.3, 0.4) is 0 Å². The molecule has 1 aliphatic rings. The van der Waals surface area contributed by atoms with E-state index >= 15 is 0 Å². The Hall–Kier alpha value is -3.14. The van der Waals surface area contributed by atoms with Crippen molar-refractivity contribution in [2.75, 3.05) is 6.61 Å². The van der Waals surface area contributed by atoms with Crippen molar-refractivity contribution in [3.63, 3.8) is 0 Å². The minimum atomic E-state index is -0.396. The maximum absolute atomic E-state index is 12.9. The Labute approximate surface area is 159 Å². The molecule has 0 saturated heterocycles. The normalized spacial score (nSPS) is 17.0. The van der Waals surface area contributed by atoms with Gasteiger partial charge in [-0.2, -0.15) is 0 Å². The quantitative estimate of drug-likeness (QED) is 0.572. The van der Waals surface area contributed by atoms with E-state index in [9.17, 15) is 9.59 Å². The van der Waals surface area contributed by atoms with Crippen molar-refractivity contribution in [3.05, 3.63) is 95.7 Å². The van der Waals surface area contributed by atoms with Crippen LogP contribution >= 0.6 is 0 Å². The van der Waals surface area contributed by atoms with Crippen molar-refractivity contribution in [2.24, 2.45) is 0 Å². The summed E-state index contributed by atoms with van der Waals surface area (Å²) in [6, 6.07) is 19.4. The molecule has 4 nitrogen and oxygen atoms in total. The summed E-state index contributed by atoms with van der Waals surface area (Å²) in [6.45, 7) is 6.00. The van der Waals surface area contributed by atoms with Crippen molar-refractivity contribution < 1.29 is 14.3 Å². The van der Waals surface area contributed by atoms with E-state index in [1.165, 1.54) is 0 Å². The van der Waals surface area contributed by atoms with Crippen LogP contribution in [-0.2, 0) is 20.9 Å². The lowest BCUT2D eigenvalue weighted by Crippen LogP contribution is -2.38. The molecule has 3 rings (SSSR count). The van der Waals surface area contributed by atoms with Gasteiger partial charge in [-0.1, -0.05) is 73.3 Å². The molecule has 0 spiro atoms. The van der Waals surface area contributed by atoms with Crippen molar-refractivity contribution in [3.8, 4) is 0 Å². The molecule has 2 aromatic rings. The number of hydrogen-bond acceptors (Lipinski definition) is 3. The topological polar surface area (TPSA) is 46.6 Å². The van der Waals surface area contributed by atoms with Gasteiger partial charge in [0.2, 0.25) is 5.91 Å². The predicted molar refractivity (Wildman–Crippen MR) is 105 cm³/mol. The number of allylic oxidation sites excluding steroid dienone is 1. The van der Waals surface area contributed by atoms with Crippen LogP contribution in [0.25, 0.3) is 0 Å². The highest BCUT2D eigenvalue weighted by molar-refractivity contribution is 5.95. The Morgan fingerprint density at radius 3 is 2.41 bits per heavy atom. The summed E-state index contributed by atoms with van der Waals surface area (Å²) in [5.41, 5.74) is 3.15. The Kier molecular flexibility index (Phi) is 5.87. The second-order valence-electron chi connectivity index (χ2n) is 6.52. The van der Waals surface area contributed by atoms with E-state index in [4.69, 9.17) is 4.74 Å². The van der Waals surface area contributed by atoms with Crippen molar-refractivity contribution >= 4 is 11.9 Å². The van der Waals surface area contributed by atoms with Gasteiger partial charge in [-0.15, -0.1) is 0 Å². The molecule has 0 saturated carbocycles. The van der Waals surface area contributed by atoms with Crippen LogP contribution in [0.2, 0.25) is 0 Å². The average molecular weight is 361 g/mol. The highest BCUT2D eigenvalue weighted by Crippen LogP contribution is 2.37. The molecule has 27 heavy (non-hydrogen) atoms. The molecule has 1 amide bonds. The number of hydrogen-bond donors (Lipinski definition) is 0. The van der Waals surface area contributed by atoms with Crippen LogP contribution < -0.4 is 0 Å². The summed E-state index contributed by atoms with van der Waals surface area (Å²) in [4.78, 5) is 27.4. The van der Waals surface area contributed by atoms with Gasteiger partial charge >= 0.3 is 5.97 Å². The molecular formula is C23H23NO3. The smallest absolute Gasteiger partial charge is 0.336 e. The van der Waals surface area contributed by atoms with E-state index in [1.807, 2.05) is 67.6 Å². The Balaban J connectivity index is 2.00. The molecule has 0 fully saturated rings. The number of carbonyl (C=O) groups is 2.